The Morgan fingerprint density at radius 1 is 1.33 bits per heavy atom. The number of rotatable bonds is 6. The van der Waals surface area contributed by atoms with E-state index in [0.29, 0.717) is 13.1 Å². The van der Waals surface area contributed by atoms with E-state index in [1.165, 1.54) is 0 Å². The topological polar surface area (TPSA) is 67.2 Å². The molecule has 0 fully saturated rings. The van der Waals surface area contributed by atoms with Crippen LogP contribution in [-0.4, -0.2) is 27.4 Å². The number of nitrogens with one attached hydrogen (secondary N) is 1. The summed E-state index contributed by atoms with van der Waals surface area (Å²) in [5.41, 5.74) is 4.15. The minimum Gasteiger partial charge on any atom is -0.481 e. The van der Waals surface area contributed by atoms with Crippen LogP contribution < -0.4 is 5.32 Å². The van der Waals surface area contributed by atoms with Crippen LogP contribution >= 0.6 is 15.9 Å². The van der Waals surface area contributed by atoms with Gasteiger partial charge in [0.25, 0.3) is 0 Å². The third-order valence-corrected chi connectivity index (χ3v) is 3.86. The zero-order valence-corrected chi connectivity index (χ0v) is 13.6. The highest BCUT2D eigenvalue weighted by Crippen LogP contribution is 2.19. The second-order valence-corrected chi connectivity index (χ2v) is 5.77. The number of aliphatic carboxylic acids is 1. The van der Waals surface area contributed by atoms with Gasteiger partial charge < -0.3 is 10.4 Å². The third kappa shape index (κ3) is 3.92. The van der Waals surface area contributed by atoms with Crippen LogP contribution in [0.5, 0.6) is 0 Å². The zero-order chi connectivity index (χ0) is 15.4. The summed E-state index contributed by atoms with van der Waals surface area (Å²) in [5, 5.41) is 16.4. The van der Waals surface area contributed by atoms with Crippen LogP contribution in [0.4, 0.5) is 0 Å². The van der Waals surface area contributed by atoms with Crippen molar-refractivity contribution in [1.29, 1.82) is 0 Å². The summed E-state index contributed by atoms with van der Waals surface area (Å²) in [6.07, 6.45) is 0.124. The van der Waals surface area contributed by atoms with Crippen molar-refractivity contribution in [2.75, 3.05) is 6.54 Å². The summed E-state index contributed by atoms with van der Waals surface area (Å²) in [6, 6.07) is 7.98. The van der Waals surface area contributed by atoms with Gasteiger partial charge in [0.05, 0.1) is 17.8 Å². The van der Waals surface area contributed by atoms with E-state index < -0.39 is 5.97 Å². The summed E-state index contributed by atoms with van der Waals surface area (Å²) in [6.45, 7) is 5.08. The highest BCUT2D eigenvalue weighted by atomic mass is 79.9. The molecular formula is C15H18BrN3O2. The molecule has 1 heterocycles. The molecule has 1 aromatic heterocycles. The lowest BCUT2D eigenvalue weighted by atomic mass is 10.2. The quantitative estimate of drug-likeness (QED) is 0.785. The smallest absolute Gasteiger partial charge is 0.304 e. The fraction of sp³-hybridized carbons (Fsp3) is 0.333. The molecule has 2 N–H and O–H groups in total. The van der Waals surface area contributed by atoms with E-state index in [2.05, 4.69) is 26.3 Å². The molecule has 5 nitrogen and oxygen atoms in total. The van der Waals surface area contributed by atoms with Crippen LogP contribution in [0.1, 0.15) is 23.4 Å². The van der Waals surface area contributed by atoms with Gasteiger partial charge in [-0.25, -0.2) is 4.68 Å². The predicted octanol–water partition coefficient (Wildman–Crippen LogP) is 2.82. The summed E-state index contributed by atoms with van der Waals surface area (Å²) >= 11 is 3.42. The molecule has 21 heavy (non-hydrogen) atoms. The molecule has 0 bridgehead atoms. The highest BCUT2D eigenvalue weighted by Gasteiger charge is 2.12. The summed E-state index contributed by atoms with van der Waals surface area (Å²) in [7, 11) is 0. The maximum Gasteiger partial charge on any atom is 0.304 e. The van der Waals surface area contributed by atoms with Crippen LogP contribution in [0.2, 0.25) is 0 Å². The number of aryl methyl sites for hydroxylation is 1. The fourth-order valence-corrected chi connectivity index (χ4v) is 2.44. The number of carboxylic acids is 1. The van der Waals surface area contributed by atoms with Gasteiger partial charge in [-0.15, -0.1) is 0 Å². The molecular weight excluding hydrogens is 334 g/mol. The van der Waals surface area contributed by atoms with Crippen molar-refractivity contribution in [3.05, 3.63) is 45.7 Å². The van der Waals surface area contributed by atoms with Crippen molar-refractivity contribution in [2.24, 2.45) is 0 Å². The van der Waals surface area contributed by atoms with Crippen LogP contribution in [0, 0.1) is 13.8 Å². The second-order valence-electron chi connectivity index (χ2n) is 4.86. The first-order valence-electron chi connectivity index (χ1n) is 6.72. The minimum atomic E-state index is -0.790. The van der Waals surface area contributed by atoms with Gasteiger partial charge in [0, 0.05) is 28.8 Å². The second kappa shape index (κ2) is 6.87. The Bertz CT molecular complexity index is 635. The van der Waals surface area contributed by atoms with E-state index in [1.54, 1.807) is 0 Å². The molecule has 2 rings (SSSR count). The molecule has 6 heteroatoms. The number of benzene rings is 1. The number of hydrogen-bond acceptors (Lipinski definition) is 3. The Kier molecular flexibility index (Phi) is 5.14. The number of hydrogen-bond donors (Lipinski definition) is 2. The number of nitrogens with zero attached hydrogens (tertiary/aromatic N) is 2. The standard InChI is InChI=1S/C15H18BrN3O2/c1-10-14(9-17-8-7-15(20)21)11(2)19(18-10)13-5-3-12(16)4-6-13/h3-6,17H,7-9H2,1-2H3,(H,20,21). The average molecular weight is 352 g/mol. The van der Waals surface area contributed by atoms with Gasteiger partial charge in [0.2, 0.25) is 0 Å². The van der Waals surface area contributed by atoms with Gasteiger partial charge >= 0.3 is 5.97 Å². The summed E-state index contributed by atoms with van der Waals surface area (Å²) in [4.78, 5) is 10.5. The highest BCUT2D eigenvalue weighted by molar-refractivity contribution is 9.10. The fourth-order valence-electron chi connectivity index (χ4n) is 2.17. The average Bonchev–Trinajstić information content (AvgIpc) is 2.71. The lowest BCUT2D eigenvalue weighted by Crippen LogP contribution is -2.18. The third-order valence-electron chi connectivity index (χ3n) is 3.33. The van der Waals surface area contributed by atoms with E-state index in [1.807, 2.05) is 42.8 Å². The first-order valence-corrected chi connectivity index (χ1v) is 7.52. The van der Waals surface area contributed by atoms with Crippen LogP contribution in [0.3, 0.4) is 0 Å². The van der Waals surface area contributed by atoms with E-state index in [4.69, 9.17) is 5.11 Å². The summed E-state index contributed by atoms with van der Waals surface area (Å²) in [5.74, 6) is -0.790. The summed E-state index contributed by atoms with van der Waals surface area (Å²) < 4.78 is 2.94. The first kappa shape index (κ1) is 15.7. The van der Waals surface area contributed by atoms with Gasteiger partial charge in [-0.3, -0.25) is 4.79 Å². The Balaban J connectivity index is 2.13. The normalized spacial score (nSPS) is 10.8. The largest absolute Gasteiger partial charge is 0.481 e. The number of aromatic nitrogens is 2. The Morgan fingerprint density at radius 2 is 2.00 bits per heavy atom. The van der Waals surface area contributed by atoms with Crippen LogP contribution in [0.25, 0.3) is 5.69 Å². The predicted molar refractivity (Wildman–Crippen MR) is 84.7 cm³/mol. The van der Waals surface area contributed by atoms with Crippen LogP contribution in [-0.2, 0) is 11.3 Å². The van der Waals surface area contributed by atoms with Crippen molar-refractivity contribution in [3.63, 3.8) is 0 Å². The number of carboxylic acid groups (broad SMARTS) is 1. The Labute approximate surface area is 132 Å². The molecule has 2 aromatic rings. The van der Waals surface area contributed by atoms with E-state index >= 15 is 0 Å². The SMILES string of the molecule is Cc1nn(-c2ccc(Br)cc2)c(C)c1CNCCC(=O)O. The van der Waals surface area contributed by atoms with Gasteiger partial charge in [-0.2, -0.15) is 5.10 Å². The maximum absolute atomic E-state index is 10.5. The molecule has 0 saturated heterocycles. The van der Waals surface area contributed by atoms with Crippen molar-refractivity contribution in [3.8, 4) is 5.69 Å². The molecule has 0 unspecified atom stereocenters. The van der Waals surface area contributed by atoms with Crippen molar-refractivity contribution in [2.45, 2.75) is 26.8 Å². The minimum absolute atomic E-state index is 0.124. The monoisotopic (exact) mass is 351 g/mol. The van der Waals surface area contributed by atoms with Gasteiger partial charge in [-0.1, -0.05) is 15.9 Å². The van der Waals surface area contributed by atoms with Crippen molar-refractivity contribution >= 4 is 21.9 Å². The van der Waals surface area contributed by atoms with E-state index in [9.17, 15) is 4.79 Å². The Hall–Kier alpha value is -1.66. The molecule has 0 aliphatic heterocycles. The van der Waals surface area contributed by atoms with Gasteiger partial charge in [0.1, 0.15) is 0 Å². The molecule has 0 saturated carbocycles. The molecule has 0 radical (unpaired) electrons. The van der Waals surface area contributed by atoms with Crippen molar-refractivity contribution in [1.82, 2.24) is 15.1 Å². The Morgan fingerprint density at radius 3 is 2.62 bits per heavy atom. The molecule has 0 spiro atoms. The lowest BCUT2D eigenvalue weighted by Gasteiger charge is -2.06. The van der Waals surface area contributed by atoms with E-state index in [0.717, 1.165) is 27.1 Å². The van der Waals surface area contributed by atoms with Crippen molar-refractivity contribution < 1.29 is 9.90 Å². The first-order chi connectivity index (χ1) is 9.99. The van der Waals surface area contributed by atoms with Gasteiger partial charge in [0.15, 0.2) is 0 Å². The van der Waals surface area contributed by atoms with E-state index in [-0.39, 0.29) is 6.42 Å². The molecule has 0 atom stereocenters. The lowest BCUT2D eigenvalue weighted by molar-refractivity contribution is -0.136. The molecule has 0 aliphatic rings. The number of halogens is 1. The molecule has 0 aliphatic carbocycles. The van der Waals surface area contributed by atoms with Crippen LogP contribution in [0.15, 0.2) is 28.7 Å². The molecule has 112 valence electrons. The maximum atomic E-state index is 10.5. The zero-order valence-electron chi connectivity index (χ0n) is 12.1. The van der Waals surface area contributed by atoms with Gasteiger partial charge in [-0.05, 0) is 38.1 Å². The molecule has 1 aromatic carbocycles. The molecule has 0 amide bonds. The number of carbonyl (C=O) groups is 1.